The van der Waals surface area contributed by atoms with E-state index in [0.717, 1.165) is 18.7 Å². The zero-order valence-electron chi connectivity index (χ0n) is 9.90. The summed E-state index contributed by atoms with van der Waals surface area (Å²) in [5, 5.41) is 0. The van der Waals surface area contributed by atoms with E-state index in [4.69, 9.17) is 5.73 Å². The summed E-state index contributed by atoms with van der Waals surface area (Å²) in [4.78, 5) is 6.64. The van der Waals surface area contributed by atoms with Gasteiger partial charge in [0.1, 0.15) is 5.82 Å². The van der Waals surface area contributed by atoms with Gasteiger partial charge in [-0.05, 0) is 37.9 Å². The molecule has 0 radical (unpaired) electrons. The van der Waals surface area contributed by atoms with Crippen molar-refractivity contribution >= 4 is 5.82 Å². The second kappa shape index (κ2) is 5.71. The maximum absolute atomic E-state index is 5.49. The van der Waals surface area contributed by atoms with Crippen LogP contribution in [0, 0.1) is 0 Å². The van der Waals surface area contributed by atoms with Crippen molar-refractivity contribution in [1.82, 2.24) is 4.98 Å². The van der Waals surface area contributed by atoms with Crippen molar-refractivity contribution in [2.45, 2.75) is 32.7 Å². The van der Waals surface area contributed by atoms with E-state index in [2.05, 4.69) is 42.9 Å². The lowest BCUT2D eigenvalue weighted by Gasteiger charge is -2.24. The number of nitrogens with two attached hydrogens (primary N) is 1. The monoisotopic (exact) mass is 207 g/mol. The summed E-state index contributed by atoms with van der Waals surface area (Å²) in [6.07, 6.45) is 3.95. The average Bonchev–Trinajstić information content (AvgIpc) is 2.28. The summed E-state index contributed by atoms with van der Waals surface area (Å²) in [5.74, 6) is 1.03. The summed E-state index contributed by atoms with van der Waals surface area (Å²) in [6, 6.07) is 4.70. The van der Waals surface area contributed by atoms with E-state index in [0.29, 0.717) is 12.6 Å². The Labute approximate surface area is 92.3 Å². The maximum atomic E-state index is 5.49. The van der Waals surface area contributed by atoms with Crippen molar-refractivity contribution in [2.24, 2.45) is 5.73 Å². The van der Waals surface area contributed by atoms with Gasteiger partial charge in [0.2, 0.25) is 0 Å². The van der Waals surface area contributed by atoms with Crippen molar-refractivity contribution in [3.63, 3.8) is 0 Å². The molecule has 2 N–H and O–H groups in total. The highest BCUT2D eigenvalue weighted by Crippen LogP contribution is 2.13. The van der Waals surface area contributed by atoms with Crippen molar-refractivity contribution in [3.05, 3.63) is 23.9 Å². The molecule has 0 aliphatic heterocycles. The van der Waals surface area contributed by atoms with Gasteiger partial charge in [-0.2, -0.15) is 0 Å². The van der Waals surface area contributed by atoms with Gasteiger partial charge >= 0.3 is 0 Å². The number of hydrogen-bond donors (Lipinski definition) is 1. The first kappa shape index (κ1) is 12.0. The molecule has 0 saturated heterocycles. The highest BCUT2D eigenvalue weighted by Gasteiger charge is 2.08. The summed E-state index contributed by atoms with van der Waals surface area (Å²) in [6.45, 7) is 5.07. The zero-order chi connectivity index (χ0) is 11.3. The first-order chi connectivity index (χ1) is 7.19. The normalized spacial score (nSPS) is 12.5. The van der Waals surface area contributed by atoms with Gasteiger partial charge in [-0.3, -0.25) is 0 Å². The Morgan fingerprint density at radius 3 is 2.67 bits per heavy atom. The molecule has 1 aromatic heterocycles. The molecule has 0 amide bonds. The smallest absolute Gasteiger partial charge is 0.128 e. The molecule has 0 fully saturated rings. The van der Waals surface area contributed by atoms with Crippen LogP contribution in [0.1, 0.15) is 25.8 Å². The van der Waals surface area contributed by atoms with Crippen LogP contribution in [0.3, 0.4) is 0 Å². The molecule has 1 atom stereocenters. The summed E-state index contributed by atoms with van der Waals surface area (Å²) < 4.78 is 0. The summed E-state index contributed by atoms with van der Waals surface area (Å²) >= 11 is 0. The Kier molecular flexibility index (Phi) is 4.56. The summed E-state index contributed by atoms with van der Waals surface area (Å²) in [7, 11) is 2.08. The number of hydrogen-bond acceptors (Lipinski definition) is 3. The first-order valence-electron chi connectivity index (χ1n) is 5.56. The third-order valence-electron chi connectivity index (χ3n) is 2.86. The van der Waals surface area contributed by atoms with E-state index >= 15 is 0 Å². The number of rotatable bonds is 5. The van der Waals surface area contributed by atoms with Gasteiger partial charge in [0.05, 0.1) is 0 Å². The Balaban J connectivity index is 2.70. The zero-order valence-corrected chi connectivity index (χ0v) is 9.90. The Bertz CT molecular complexity index is 281. The fraction of sp³-hybridized carbons (Fsp3) is 0.583. The maximum Gasteiger partial charge on any atom is 0.128 e. The second-order valence-electron chi connectivity index (χ2n) is 3.93. The Morgan fingerprint density at radius 1 is 1.47 bits per heavy atom. The third kappa shape index (κ3) is 3.20. The van der Waals surface area contributed by atoms with Crippen LogP contribution < -0.4 is 10.6 Å². The number of nitrogens with zero attached hydrogens (tertiary/aromatic N) is 2. The van der Waals surface area contributed by atoms with Gasteiger partial charge in [-0.25, -0.2) is 4.98 Å². The van der Waals surface area contributed by atoms with Gasteiger partial charge in [0, 0.05) is 19.3 Å². The van der Waals surface area contributed by atoms with E-state index in [1.807, 2.05) is 6.20 Å². The summed E-state index contributed by atoms with van der Waals surface area (Å²) in [5.41, 5.74) is 6.70. The van der Waals surface area contributed by atoms with E-state index < -0.39 is 0 Å². The van der Waals surface area contributed by atoms with Crippen molar-refractivity contribution in [3.8, 4) is 0 Å². The number of pyridine rings is 1. The van der Waals surface area contributed by atoms with E-state index in [-0.39, 0.29) is 0 Å². The molecule has 84 valence electrons. The topological polar surface area (TPSA) is 42.1 Å². The SMILES string of the molecule is CCC(C)N(C)c1ccc(CCN)cn1. The largest absolute Gasteiger partial charge is 0.357 e. The van der Waals surface area contributed by atoms with Crippen LogP contribution in [-0.4, -0.2) is 24.6 Å². The van der Waals surface area contributed by atoms with Crippen LogP contribution >= 0.6 is 0 Å². The van der Waals surface area contributed by atoms with Crippen molar-refractivity contribution in [1.29, 1.82) is 0 Å². The molecular weight excluding hydrogens is 186 g/mol. The van der Waals surface area contributed by atoms with Crippen LogP contribution in [0.4, 0.5) is 5.82 Å². The molecule has 0 aliphatic rings. The quantitative estimate of drug-likeness (QED) is 0.800. The van der Waals surface area contributed by atoms with E-state index in [9.17, 15) is 0 Å². The van der Waals surface area contributed by atoms with Crippen LogP contribution in [0.2, 0.25) is 0 Å². The lowest BCUT2D eigenvalue weighted by Crippen LogP contribution is -2.28. The lowest BCUT2D eigenvalue weighted by atomic mass is 10.2. The highest BCUT2D eigenvalue weighted by molar-refractivity contribution is 5.39. The van der Waals surface area contributed by atoms with Gasteiger partial charge in [0.15, 0.2) is 0 Å². The molecule has 1 rings (SSSR count). The molecule has 3 nitrogen and oxygen atoms in total. The van der Waals surface area contributed by atoms with Gasteiger partial charge in [0.25, 0.3) is 0 Å². The molecule has 0 bridgehead atoms. The van der Waals surface area contributed by atoms with Crippen LogP contribution in [0.15, 0.2) is 18.3 Å². The molecule has 0 spiro atoms. The van der Waals surface area contributed by atoms with Gasteiger partial charge in [-0.1, -0.05) is 13.0 Å². The van der Waals surface area contributed by atoms with Gasteiger partial charge in [-0.15, -0.1) is 0 Å². The minimum Gasteiger partial charge on any atom is -0.357 e. The van der Waals surface area contributed by atoms with E-state index in [1.165, 1.54) is 5.56 Å². The average molecular weight is 207 g/mol. The third-order valence-corrected chi connectivity index (χ3v) is 2.86. The lowest BCUT2D eigenvalue weighted by molar-refractivity contribution is 0.656. The van der Waals surface area contributed by atoms with E-state index in [1.54, 1.807) is 0 Å². The molecule has 3 heteroatoms. The minimum atomic E-state index is 0.526. The molecule has 1 unspecified atom stereocenters. The Morgan fingerprint density at radius 2 is 2.20 bits per heavy atom. The van der Waals surface area contributed by atoms with Crippen LogP contribution in [0.5, 0.6) is 0 Å². The van der Waals surface area contributed by atoms with Crippen LogP contribution in [-0.2, 0) is 6.42 Å². The van der Waals surface area contributed by atoms with Crippen molar-refractivity contribution in [2.75, 3.05) is 18.5 Å². The first-order valence-corrected chi connectivity index (χ1v) is 5.56. The number of aromatic nitrogens is 1. The Hall–Kier alpha value is -1.09. The fourth-order valence-electron chi connectivity index (χ4n) is 1.44. The molecule has 0 aromatic carbocycles. The molecule has 0 aliphatic carbocycles. The fourth-order valence-corrected chi connectivity index (χ4v) is 1.44. The second-order valence-corrected chi connectivity index (χ2v) is 3.93. The minimum absolute atomic E-state index is 0.526. The van der Waals surface area contributed by atoms with Crippen LogP contribution in [0.25, 0.3) is 0 Å². The highest BCUT2D eigenvalue weighted by atomic mass is 15.2. The van der Waals surface area contributed by atoms with Crippen molar-refractivity contribution < 1.29 is 0 Å². The predicted octanol–water partition coefficient (Wildman–Crippen LogP) is 1.82. The number of anilines is 1. The molecule has 15 heavy (non-hydrogen) atoms. The molecular formula is C12H21N3. The molecule has 0 saturated carbocycles. The predicted molar refractivity (Wildman–Crippen MR) is 65.2 cm³/mol. The molecule has 1 aromatic rings. The standard InChI is InChI=1S/C12H21N3/c1-4-10(2)15(3)12-6-5-11(7-8-13)9-14-12/h5-6,9-10H,4,7-8,13H2,1-3H3. The van der Waals surface area contributed by atoms with Gasteiger partial charge < -0.3 is 10.6 Å². The molecule has 1 heterocycles.